The maximum atomic E-state index is 12.4. The van der Waals surface area contributed by atoms with Crippen LogP contribution >= 0.6 is 15.9 Å². The van der Waals surface area contributed by atoms with E-state index in [1.54, 1.807) is 10.9 Å². The predicted octanol–water partition coefficient (Wildman–Crippen LogP) is 2.67. The Morgan fingerprint density at radius 1 is 1.43 bits per heavy atom. The van der Waals surface area contributed by atoms with Crippen molar-refractivity contribution >= 4 is 21.8 Å². The van der Waals surface area contributed by atoms with Gasteiger partial charge in [0.25, 0.3) is 5.91 Å². The molecule has 0 saturated carbocycles. The highest BCUT2D eigenvalue weighted by atomic mass is 79.9. The van der Waals surface area contributed by atoms with Gasteiger partial charge in [-0.2, -0.15) is 5.10 Å². The number of hydrogen-bond donors (Lipinski definition) is 2. The molecule has 1 fully saturated rings. The first-order valence-corrected chi connectivity index (χ1v) is 8.74. The minimum absolute atomic E-state index is 0.0446. The zero-order chi connectivity index (χ0) is 16.2. The van der Waals surface area contributed by atoms with E-state index in [0.29, 0.717) is 18.0 Å². The SMILES string of the molecule is Cc1c(C(=O)NCCC2CCNC2)cnn1-c1ccc(Br)cc1. The maximum Gasteiger partial charge on any atom is 0.254 e. The number of halogens is 1. The van der Waals surface area contributed by atoms with Crippen LogP contribution in [0, 0.1) is 12.8 Å². The second kappa shape index (κ2) is 7.27. The molecule has 1 aromatic carbocycles. The van der Waals surface area contributed by atoms with Gasteiger partial charge in [0, 0.05) is 11.0 Å². The minimum atomic E-state index is -0.0446. The van der Waals surface area contributed by atoms with Gasteiger partial charge in [0.05, 0.1) is 23.1 Å². The zero-order valence-electron chi connectivity index (χ0n) is 13.2. The van der Waals surface area contributed by atoms with Crippen LogP contribution in [-0.2, 0) is 0 Å². The molecule has 1 saturated heterocycles. The number of hydrogen-bond acceptors (Lipinski definition) is 3. The van der Waals surface area contributed by atoms with E-state index in [1.165, 1.54) is 6.42 Å². The third-order valence-electron chi connectivity index (χ3n) is 4.33. The van der Waals surface area contributed by atoms with Gasteiger partial charge in [-0.1, -0.05) is 15.9 Å². The van der Waals surface area contributed by atoms with Crippen LogP contribution in [0.4, 0.5) is 0 Å². The first kappa shape index (κ1) is 16.2. The van der Waals surface area contributed by atoms with Gasteiger partial charge in [-0.15, -0.1) is 0 Å². The van der Waals surface area contributed by atoms with Crippen molar-refractivity contribution < 1.29 is 4.79 Å². The van der Waals surface area contributed by atoms with Crippen molar-refractivity contribution in [3.63, 3.8) is 0 Å². The Kier molecular flexibility index (Phi) is 5.13. The van der Waals surface area contributed by atoms with Gasteiger partial charge < -0.3 is 10.6 Å². The maximum absolute atomic E-state index is 12.4. The molecule has 1 atom stereocenters. The van der Waals surface area contributed by atoms with E-state index >= 15 is 0 Å². The first-order valence-electron chi connectivity index (χ1n) is 7.94. The van der Waals surface area contributed by atoms with Crippen molar-refractivity contribution in [3.05, 3.63) is 46.2 Å². The smallest absolute Gasteiger partial charge is 0.254 e. The molecule has 5 nitrogen and oxygen atoms in total. The molecule has 2 N–H and O–H groups in total. The average molecular weight is 377 g/mol. The molecule has 1 amide bonds. The third kappa shape index (κ3) is 3.82. The molecular formula is C17H21BrN4O. The first-order chi connectivity index (χ1) is 11.1. The Hall–Kier alpha value is -1.66. The molecule has 122 valence electrons. The van der Waals surface area contributed by atoms with E-state index in [4.69, 9.17) is 0 Å². The van der Waals surface area contributed by atoms with E-state index in [0.717, 1.165) is 35.4 Å². The Bertz CT molecular complexity index is 674. The number of benzene rings is 1. The number of carbonyl (C=O) groups is 1. The fourth-order valence-electron chi connectivity index (χ4n) is 2.92. The largest absolute Gasteiger partial charge is 0.352 e. The van der Waals surface area contributed by atoms with Crippen molar-refractivity contribution in [1.29, 1.82) is 0 Å². The van der Waals surface area contributed by atoms with Crippen LogP contribution < -0.4 is 10.6 Å². The molecule has 0 radical (unpaired) electrons. The number of nitrogens with one attached hydrogen (secondary N) is 2. The second-order valence-electron chi connectivity index (χ2n) is 5.94. The summed E-state index contributed by atoms with van der Waals surface area (Å²) in [5.41, 5.74) is 2.44. The third-order valence-corrected chi connectivity index (χ3v) is 4.85. The average Bonchev–Trinajstić information content (AvgIpc) is 3.18. The predicted molar refractivity (Wildman–Crippen MR) is 93.9 cm³/mol. The summed E-state index contributed by atoms with van der Waals surface area (Å²) in [6.45, 7) is 4.80. The topological polar surface area (TPSA) is 59.0 Å². The van der Waals surface area contributed by atoms with Crippen LogP contribution in [0.15, 0.2) is 34.9 Å². The van der Waals surface area contributed by atoms with Crippen molar-refractivity contribution in [2.75, 3.05) is 19.6 Å². The molecule has 3 rings (SSSR count). The minimum Gasteiger partial charge on any atom is -0.352 e. The number of aromatic nitrogens is 2. The van der Waals surface area contributed by atoms with Crippen molar-refractivity contribution in [2.45, 2.75) is 19.8 Å². The van der Waals surface area contributed by atoms with Gasteiger partial charge in [-0.05, 0) is 63.0 Å². The Morgan fingerprint density at radius 2 is 2.22 bits per heavy atom. The molecule has 1 aromatic heterocycles. The van der Waals surface area contributed by atoms with E-state index in [1.807, 2.05) is 31.2 Å². The lowest BCUT2D eigenvalue weighted by Gasteiger charge is -2.09. The van der Waals surface area contributed by atoms with E-state index in [2.05, 4.69) is 31.7 Å². The van der Waals surface area contributed by atoms with Crippen LogP contribution in [-0.4, -0.2) is 35.3 Å². The second-order valence-corrected chi connectivity index (χ2v) is 6.85. The molecule has 1 unspecified atom stereocenters. The van der Waals surface area contributed by atoms with Crippen molar-refractivity contribution in [2.24, 2.45) is 5.92 Å². The van der Waals surface area contributed by atoms with Crippen LogP contribution in [0.3, 0.4) is 0 Å². The molecule has 6 heteroatoms. The summed E-state index contributed by atoms with van der Waals surface area (Å²) in [6.07, 6.45) is 3.87. The lowest BCUT2D eigenvalue weighted by atomic mass is 10.1. The monoisotopic (exact) mass is 376 g/mol. The molecule has 0 aliphatic carbocycles. The number of rotatable bonds is 5. The van der Waals surface area contributed by atoms with Crippen molar-refractivity contribution in [1.82, 2.24) is 20.4 Å². The van der Waals surface area contributed by atoms with Gasteiger partial charge in [-0.3, -0.25) is 4.79 Å². The summed E-state index contributed by atoms with van der Waals surface area (Å²) in [7, 11) is 0. The fraction of sp³-hybridized carbons (Fsp3) is 0.412. The van der Waals surface area contributed by atoms with Crippen LogP contribution in [0.5, 0.6) is 0 Å². The van der Waals surface area contributed by atoms with Gasteiger partial charge >= 0.3 is 0 Å². The molecule has 0 bridgehead atoms. The summed E-state index contributed by atoms with van der Waals surface area (Å²) in [5, 5.41) is 10.7. The fourth-order valence-corrected chi connectivity index (χ4v) is 3.19. The number of carbonyl (C=O) groups excluding carboxylic acids is 1. The van der Waals surface area contributed by atoms with Gasteiger partial charge in [0.2, 0.25) is 0 Å². The molecule has 2 heterocycles. The number of amides is 1. The summed E-state index contributed by atoms with van der Waals surface area (Å²) < 4.78 is 2.81. The Balaban J connectivity index is 1.63. The van der Waals surface area contributed by atoms with E-state index in [-0.39, 0.29) is 5.91 Å². The highest BCUT2D eigenvalue weighted by Crippen LogP contribution is 2.17. The molecule has 1 aliphatic heterocycles. The normalized spacial score (nSPS) is 17.4. The lowest BCUT2D eigenvalue weighted by Crippen LogP contribution is -2.26. The van der Waals surface area contributed by atoms with Gasteiger partial charge in [0.1, 0.15) is 0 Å². The van der Waals surface area contributed by atoms with Crippen molar-refractivity contribution in [3.8, 4) is 5.69 Å². The highest BCUT2D eigenvalue weighted by molar-refractivity contribution is 9.10. The Morgan fingerprint density at radius 3 is 2.91 bits per heavy atom. The summed E-state index contributed by atoms with van der Waals surface area (Å²) in [6, 6.07) is 7.87. The van der Waals surface area contributed by atoms with Gasteiger partial charge in [-0.25, -0.2) is 4.68 Å². The lowest BCUT2D eigenvalue weighted by molar-refractivity contribution is 0.0951. The van der Waals surface area contributed by atoms with Gasteiger partial charge in [0.15, 0.2) is 0 Å². The molecular weight excluding hydrogens is 356 g/mol. The summed E-state index contributed by atoms with van der Waals surface area (Å²) >= 11 is 3.42. The zero-order valence-corrected chi connectivity index (χ0v) is 14.8. The molecule has 1 aliphatic rings. The Labute approximate surface area is 144 Å². The van der Waals surface area contributed by atoms with E-state index < -0.39 is 0 Å². The quantitative estimate of drug-likeness (QED) is 0.843. The molecule has 2 aromatic rings. The van der Waals surface area contributed by atoms with Crippen LogP contribution in [0.1, 0.15) is 28.9 Å². The molecule has 23 heavy (non-hydrogen) atoms. The van der Waals surface area contributed by atoms with E-state index in [9.17, 15) is 4.79 Å². The standard InChI is InChI=1S/C17H21BrN4O/c1-12-16(17(23)20-9-7-13-6-8-19-10-13)11-21-22(12)15-4-2-14(18)3-5-15/h2-5,11,13,19H,6-10H2,1H3,(H,20,23). The van der Waals surface area contributed by atoms with Crippen LogP contribution in [0.25, 0.3) is 5.69 Å². The highest BCUT2D eigenvalue weighted by Gasteiger charge is 2.17. The number of nitrogens with zero attached hydrogens (tertiary/aromatic N) is 2. The summed E-state index contributed by atoms with van der Waals surface area (Å²) in [5.74, 6) is 0.638. The summed E-state index contributed by atoms with van der Waals surface area (Å²) in [4.78, 5) is 12.4. The van der Waals surface area contributed by atoms with Crippen LogP contribution in [0.2, 0.25) is 0 Å². The molecule has 0 spiro atoms.